The number of para-hydroxylation sites is 1. The lowest BCUT2D eigenvalue weighted by Crippen LogP contribution is -2.64. The van der Waals surface area contributed by atoms with Crippen molar-refractivity contribution in [3.8, 4) is 17.2 Å². The molecule has 2 unspecified atom stereocenters. The molecule has 6 nitrogen and oxygen atoms in total. The Morgan fingerprint density at radius 2 is 1.50 bits per heavy atom. The zero-order valence-corrected chi connectivity index (χ0v) is 23.9. The number of rotatable bonds is 5. The van der Waals surface area contributed by atoms with Crippen molar-refractivity contribution in [2.75, 3.05) is 26.5 Å². The SMILES string of the molecule is Cc1ccc(C[N+]2(C3CCN(Cc4ccccc4)CC3)C(=O)C3(COc4cc5c(cc43)OCO5)c3ccccc32)cc1. The van der Waals surface area contributed by atoms with Crippen LogP contribution in [0.2, 0.25) is 0 Å². The standard InChI is InChI=1S/C36H35N2O4/c1-25-11-13-27(14-12-25)22-38(28-15-17-37(18-16-28)21-26-7-3-2-4-8-26)31-10-6-5-9-29(31)36(35(38)39)23-40-32-20-34-33(19-30(32)36)41-24-42-34/h2-14,19-20,28H,15-18,21-24H2,1H3/q+1. The van der Waals surface area contributed by atoms with Gasteiger partial charge in [0.05, 0.1) is 0 Å². The fourth-order valence-corrected chi connectivity index (χ4v) is 7.78. The van der Waals surface area contributed by atoms with Crippen LogP contribution in [0.1, 0.15) is 40.7 Å². The van der Waals surface area contributed by atoms with Gasteiger partial charge in [0.25, 0.3) is 0 Å². The molecule has 4 aromatic rings. The van der Waals surface area contributed by atoms with Gasteiger partial charge >= 0.3 is 5.91 Å². The molecule has 1 fully saturated rings. The number of hydrogen-bond donors (Lipinski definition) is 0. The van der Waals surface area contributed by atoms with Gasteiger partial charge in [0.15, 0.2) is 16.9 Å². The van der Waals surface area contributed by atoms with Crippen molar-refractivity contribution in [3.05, 3.63) is 119 Å². The summed E-state index contributed by atoms with van der Waals surface area (Å²) in [5, 5.41) is 0. The van der Waals surface area contributed by atoms with Gasteiger partial charge in [-0.1, -0.05) is 78.4 Å². The number of amides is 1. The zero-order valence-electron chi connectivity index (χ0n) is 23.9. The molecule has 4 aliphatic heterocycles. The highest BCUT2D eigenvalue weighted by Gasteiger charge is 2.68. The first-order chi connectivity index (χ1) is 20.6. The second-order valence-electron chi connectivity index (χ2n) is 12.2. The molecule has 42 heavy (non-hydrogen) atoms. The Balaban J connectivity index is 1.23. The van der Waals surface area contributed by atoms with Crippen molar-refractivity contribution in [1.29, 1.82) is 0 Å². The fourth-order valence-electron chi connectivity index (χ4n) is 7.78. The Bertz CT molecular complexity index is 1660. The molecule has 8 rings (SSSR count). The molecule has 0 bridgehead atoms. The molecule has 4 aromatic carbocycles. The lowest BCUT2D eigenvalue weighted by atomic mass is 9.76. The van der Waals surface area contributed by atoms with Gasteiger partial charge in [-0.05, 0) is 24.6 Å². The number of likely N-dealkylation sites (tertiary alicyclic amines) is 1. The van der Waals surface area contributed by atoms with E-state index in [9.17, 15) is 0 Å². The molecule has 0 aromatic heterocycles. The summed E-state index contributed by atoms with van der Waals surface area (Å²) >= 11 is 0. The monoisotopic (exact) mass is 559 g/mol. The van der Waals surface area contributed by atoms with Crippen molar-refractivity contribution in [2.45, 2.75) is 44.3 Å². The Morgan fingerprint density at radius 1 is 0.786 bits per heavy atom. The molecule has 1 saturated heterocycles. The summed E-state index contributed by atoms with van der Waals surface area (Å²) in [5.41, 5.74) is 5.91. The molecule has 1 amide bonds. The zero-order chi connectivity index (χ0) is 28.3. The molecule has 6 heteroatoms. The summed E-state index contributed by atoms with van der Waals surface area (Å²) in [7, 11) is 0. The summed E-state index contributed by atoms with van der Waals surface area (Å²) in [6.45, 7) is 6.07. The van der Waals surface area contributed by atoms with Crippen LogP contribution in [0.4, 0.5) is 5.69 Å². The van der Waals surface area contributed by atoms with Crippen LogP contribution in [0, 0.1) is 6.92 Å². The first-order valence-electron chi connectivity index (χ1n) is 15.0. The number of piperidine rings is 1. The van der Waals surface area contributed by atoms with E-state index in [-0.39, 0.29) is 18.7 Å². The number of nitrogens with zero attached hydrogens (tertiary/aromatic N) is 2. The number of carbonyl (C=O) groups is 1. The van der Waals surface area contributed by atoms with Crippen molar-refractivity contribution in [3.63, 3.8) is 0 Å². The molecule has 0 radical (unpaired) electrons. The first kappa shape index (κ1) is 25.6. The molecule has 0 aliphatic carbocycles. The molecule has 0 saturated carbocycles. The Morgan fingerprint density at radius 3 is 2.29 bits per heavy atom. The predicted octanol–water partition coefficient (Wildman–Crippen LogP) is 6.11. The molecule has 4 aliphatic rings. The van der Waals surface area contributed by atoms with Crippen LogP contribution in [0.15, 0.2) is 91.0 Å². The number of quaternary nitrogens is 1. The van der Waals surface area contributed by atoms with Crippen LogP contribution < -0.4 is 18.7 Å². The average Bonchev–Trinajstić information content (AvgIpc) is 3.70. The van der Waals surface area contributed by atoms with Crippen molar-refractivity contribution in [1.82, 2.24) is 9.38 Å². The number of aryl methyl sites for hydroxylation is 1. The molecule has 1 spiro atoms. The number of fused-ring (bicyclic) bond motifs is 5. The van der Waals surface area contributed by atoms with Crippen molar-refractivity contribution >= 4 is 11.6 Å². The first-order valence-corrected chi connectivity index (χ1v) is 15.0. The highest BCUT2D eigenvalue weighted by molar-refractivity contribution is 6.08. The normalized spacial score (nSPS) is 24.5. The van der Waals surface area contributed by atoms with Gasteiger partial charge in [-0.3, -0.25) is 4.90 Å². The van der Waals surface area contributed by atoms with Crippen LogP contribution in [-0.4, -0.2) is 43.3 Å². The van der Waals surface area contributed by atoms with E-state index in [0.29, 0.717) is 29.1 Å². The van der Waals surface area contributed by atoms with Crippen LogP contribution >= 0.6 is 0 Å². The lowest BCUT2D eigenvalue weighted by molar-refractivity contribution is -0.137. The quantitative estimate of drug-likeness (QED) is 0.276. The number of ether oxygens (including phenoxy) is 3. The minimum Gasteiger partial charge on any atom is -0.491 e. The second kappa shape index (κ2) is 9.72. The number of hydrogen-bond acceptors (Lipinski definition) is 5. The predicted molar refractivity (Wildman–Crippen MR) is 162 cm³/mol. The molecule has 4 heterocycles. The number of benzene rings is 4. The highest BCUT2D eigenvalue weighted by atomic mass is 16.7. The Labute approximate surface area is 246 Å². The van der Waals surface area contributed by atoms with Crippen LogP contribution in [-0.2, 0) is 23.3 Å². The third kappa shape index (κ3) is 3.75. The summed E-state index contributed by atoms with van der Waals surface area (Å²) < 4.78 is 18.1. The molecule has 212 valence electrons. The van der Waals surface area contributed by atoms with Crippen LogP contribution in [0.5, 0.6) is 17.2 Å². The van der Waals surface area contributed by atoms with E-state index in [1.54, 1.807) is 0 Å². The maximum absolute atomic E-state index is 15.5. The average molecular weight is 560 g/mol. The smallest absolute Gasteiger partial charge is 0.338 e. The van der Waals surface area contributed by atoms with Crippen molar-refractivity contribution in [2.24, 2.45) is 0 Å². The highest BCUT2D eigenvalue weighted by Crippen LogP contribution is 2.59. The van der Waals surface area contributed by atoms with E-state index in [0.717, 1.165) is 55.0 Å². The summed E-state index contributed by atoms with van der Waals surface area (Å²) in [6, 6.07) is 31.9. The van der Waals surface area contributed by atoms with Gasteiger partial charge in [-0.2, -0.15) is 0 Å². The Hall–Kier alpha value is -4.13. The van der Waals surface area contributed by atoms with Crippen LogP contribution in [0.25, 0.3) is 0 Å². The molecular formula is C36H35N2O4+. The summed E-state index contributed by atoms with van der Waals surface area (Å²) in [5.74, 6) is 2.29. The van der Waals surface area contributed by atoms with E-state index in [4.69, 9.17) is 14.2 Å². The fraction of sp³-hybridized carbons (Fsp3) is 0.306. The lowest BCUT2D eigenvalue weighted by Gasteiger charge is -2.44. The van der Waals surface area contributed by atoms with Gasteiger partial charge in [0.2, 0.25) is 6.79 Å². The second-order valence-corrected chi connectivity index (χ2v) is 12.2. The van der Waals surface area contributed by atoms with Gasteiger partial charge in [-0.15, -0.1) is 0 Å². The van der Waals surface area contributed by atoms with E-state index < -0.39 is 5.41 Å². The third-order valence-corrected chi connectivity index (χ3v) is 9.88. The van der Waals surface area contributed by atoms with E-state index in [1.807, 2.05) is 12.1 Å². The topological polar surface area (TPSA) is 48.0 Å². The third-order valence-electron chi connectivity index (χ3n) is 9.88. The molecule has 2 atom stereocenters. The van der Waals surface area contributed by atoms with Gasteiger partial charge in [0, 0.05) is 55.2 Å². The van der Waals surface area contributed by atoms with E-state index >= 15 is 4.79 Å². The van der Waals surface area contributed by atoms with Crippen LogP contribution in [0.3, 0.4) is 0 Å². The molecular weight excluding hydrogens is 524 g/mol. The van der Waals surface area contributed by atoms with E-state index in [1.165, 1.54) is 16.7 Å². The van der Waals surface area contributed by atoms with Gasteiger partial charge in [0.1, 0.15) is 30.6 Å². The largest absolute Gasteiger partial charge is 0.491 e. The Kier molecular flexibility index (Phi) is 5.92. The maximum atomic E-state index is 15.5. The minimum atomic E-state index is -0.890. The molecule has 0 N–H and O–H groups in total. The maximum Gasteiger partial charge on any atom is 0.338 e. The van der Waals surface area contributed by atoms with Gasteiger partial charge < -0.3 is 14.2 Å². The van der Waals surface area contributed by atoms with E-state index in [2.05, 4.69) is 90.7 Å². The van der Waals surface area contributed by atoms with Gasteiger partial charge in [-0.25, -0.2) is 9.28 Å². The van der Waals surface area contributed by atoms with Crippen molar-refractivity contribution < 1.29 is 19.0 Å². The summed E-state index contributed by atoms with van der Waals surface area (Å²) in [6.07, 6.45) is 1.90. The summed E-state index contributed by atoms with van der Waals surface area (Å²) in [4.78, 5) is 18.1. The number of carbonyl (C=O) groups excluding carboxylic acids is 1. The minimum absolute atomic E-state index is 0.157.